The van der Waals surface area contributed by atoms with Gasteiger partial charge in [0.05, 0.1) is 74.6 Å². The second-order valence-corrected chi connectivity index (χ2v) is 19.5. The van der Waals surface area contributed by atoms with Crippen LogP contribution in [-0.2, 0) is 98.9 Å². The third-order valence-electron chi connectivity index (χ3n) is 11.1. The number of esters is 4. The smallest absolute Gasteiger partial charge is 0.373 e. The minimum Gasteiger partial charge on any atom is -0.481 e. The number of amides is 2. The van der Waals surface area contributed by atoms with Gasteiger partial charge in [-0.25, -0.2) is 14.4 Å². The van der Waals surface area contributed by atoms with Gasteiger partial charge in [-0.15, -0.1) is 0 Å². The van der Waals surface area contributed by atoms with Gasteiger partial charge in [-0.1, -0.05) is 70.2 Å². The van der Waals surface area contributed by atoms with Crippen LogP contribution in [0.5, 0.6) is 5.75 Å². The molecule has 0 heterocycles. The second-order valence-electron chi connectivity index (χ2n) is 19.5. The van der Waals surface area contributed by atoms with Crippen LogP contribution in [0.25, 0.3) is 0 Å². The summed E-state index contributed by atoms with van der Waals surface area (Å²) in [7, 11) is 1.27. The van der Waals surface area contributed by atoms with Crippen LogP contribution >= 0.6 is 0 Å². The molecule has 0 saturated heterocycles. The van der Waals surface area contributed by atoms with Crippen LogP contribution in [0.4, 0.5) is 17.1 Å². The summed E-state index contributed by atoms with van der Waals surface area (Å²) in [6.45, 7) is 24.7. The van der Waals surface area contributed by atoms with E-state index < -0.39 is 59.6 Å². The number of carboxylic acids is 3. The number of nitrogens with two attached hydrogens (primary N) is 1. The zero-order valence-electron chi connectivity index (χ0n) is 55.1. The van der Waals surface area contributed by atoms with Gasteiger partial charge in [0.25, 0.3) is 12.4 Å². The van der Waals surface area contributed by atoms with Crippen LogP contribution in [0.15, 0.2) is 54.6 Å². The molecule has 2 unspecified atom stereocenters. The Bertz CT molecular complexity index is 3010. The van der Waals surface area contributed by atoms with E-state index in [9.17, 15) is 62.6 Å². The number of carbonyl (C=O) groups is 13. The van der Waals surface area contributed by atoms with E-state index >= 15 is 0 Å². The van der Waals surface area contributed by atoms with Crippen LogP contribution in [0.1, 0.15) is 186 Å². The number of aliphatic carboxylic acids is 2. The van der Waals surface area contributed by atoms with Crippen molar-refractivity contribution in [1.29, 1.82) is 5.26 Å². The van der Waals surface area contributed by atoms with Crippen LogP contribution in [-0.4, -0.2) is 145 Å². The molecule has 0 aliphatic heterocycles. The minimum atomic E-state index is -1.31. The van der Waals surface area contributed by atoms with Gasteiger partial charge in [-0.05, 0) is 105 Å². The maximum Gasteiger partial charge on any atom is 0.373 e. The number of Topliss-reactive ketones (excluding diaryl/α,β-unsaturated/α-hetero) is 2. The number of aryl methyl sites for hydroxylation is 2. The fraction of sp³-hybridized carbons (Fsp3) is 0.485. The topological polar surface area (TPSA) is 453 Å². The molecule has 0 aliphatic carbocycles. The largest absolute Gasteiger partial charge is 0.481 e. The van der Waals surface area contributed by atoms with Gasteiger partial charge in [0.2, 0.25) is 11.8 Å². The second kappa shape index (κ2) is 57.3. The number of carboxylic acid groups (broad SMARTS) is 3. The van der Waals surface area contributed by atoms with E-state index in [-0.39, 0.29) is 125 Å². The standard InChI is InChI=1S/C22H31NO6.C18H21NO8.C11H15NO2.C5H7NO2.C4H8O.C2H4O2.2CO2.2CH4/c1-7-16-11-17(22(27)29-8-2)13-18(12-16)23(15(5)24)21(14(3)4)19(25)9-10-20(26)28-6;1-10(2)17(15(22)4-5-16(23)24)19(11(3)21)13-6-12(18(25)26)7-14(8-13)27-9-20;1-3-8-5-9(7-10(12)6-8)11(13)14-4-2;1-2-8-5(7)3-4-6;1-4(2)3-5;1-2(3)4;2*2-1-3;;/h11-14,21H,7-10H2,1-6H3;6-10,17H,4-5H2,1-3H3,(H,23,24)(H,25,26);5-7H,3-4,12H2,1-2H3;2-3H2,1H3;3-4H,1-2H3;1H3,(H,3,4);;;2*1H4. The highest BCUT2D eigenvalue weighted by Gasteiger charge is 2.34. The predicted molar refractivity (Wildman–Crippen MR) is 344 cm³/mol. The number of anilines is 3. The number of ether oxygens (including phenoxy) is 5. The summed E-state index contributed by atoms with van der Waals surface area (Å²) < 4.78 is 23.7. The lowest BCUT2D eigenvalue weighted by Gasteiger charge is -2.33. The molecule has 95 heavy (non-hydrogen) atoms. The summed E-state index contributed by atoms with van der Waals surface area (Å²) in [6.07, 6.45) is 2.03. The highest BCUT2D eigenvalue weighted by molar-refractivity contribution is 6.03. The van der Waals surface area contributed by atoms with Crippen molar-refractivity contribution in [2.24, 2.45) is 17.8 Å². The normalized spacial score (nSPS) is 9.82. The predicted octanol–water partition coefficient (Wildman–Crippen LogP) is 8.57. The van der Waals surface area contributed by atoms with E-state index in [2.05, 4.69) is 9.47 Å². The zero-order valence-corrected chi connectivity index (χ0v) is 55.1. The van der Waals surface area contributed by atoms with E-state index in [0.29, 0.717) is 42.1 Å². The number of ketones is 2. The number of carbonyl (C=O) groups excluding carboxylic acids is 14. The fourth-order valence-corrected chi connectivity index (χ4v) is 7.41. The molecule has 0 radical (unpaired) electrons. The lowest BCUT2D eigenvalue weighted by molar-refractivity contribution is -0.193. The number of nitrogens with zero attached hydrogens (tertiary/aromatic N) is 3. The van der Waals surface area contributed by atoms with Crippen LogP contribution in [0.3, 0.4) is 0 Å². The average molecular weight is 1340 g/mol. The Hall–Kier alpha value is -10.6. The number of nitriles is 1. The number of nitrogen functional groups attached to an aromatic ring is 1. The summed E-state index contributed by atoms with van der Waals surface area (Å²) >= 11 is 0. The van der Waals surface area contributed by atoms with E-state index in [0.717, 1.165) is 41.7 Å². The summed E-state index contributed by atoms with van der Waals surface area (Å²) in [5.74, 6) is -7.05. The molecular formula is C66H94N4O25. The molecular weight excluding hydrogens is 1250 g/mol. The van der Waals surface area contributed by atoms with Gasteiger partial charge in [0.15, 0.2) is 11.6 Å². The van der Waals surface area contributed by atoms with Crippen molar-refractivity contribution in [2.75, 3.05) is 42.5 Å². The number of methoxy groups -OCH3 is 1. The van der Waals surface area contributed by atoms with Crippen molar-refractivity contribution in [2.45, 2.75) is 169 Å². The molecule has 0 spiro atoms. The maximum absolute atomic E-state index is 12.9. The molecule has 528 valence electrons. The van der Waals surface area contributed by atoms with Crippen molar-refractivity contribution in [1.82, 2.24) is 0 Å². The number of aldehydes is 1. The first kappa shape index (κ1) is 98.0. The minimum absolute atomic E-state index is 0. The number of hydrogen-bond acceptors (Lipinski definition) is 24. The summed E-state index contributed by atoms with van der Waals surface area (Å²) in [4.78, 5) is 182. The number of aromatic carboxylic acids is 1. The van der Waals surface area contributed by atoms with E-state index in [1.807, 2.05) is 53.7 Å². The Morgan fingerprint density at radius 1 is 0.558 bits per heavy atom. The van der Waals surface area contributed by atoms with Crippen molar-refractivity contribution in [3.63, 3.8) is 0 Å². The number of hydrogen-bond donors (Lipinski definition) is 4. The number of benzene rings is 3. The molecule has 29 nitrogen and oxygen atoms in total. The lowest BCUT2D eigenvalue weighted by atomic mass is 9.93. The molecule has 0 aromatic heterocycles. The Labute approximate surface area is 554 Å². The lowest BCUT2D eigenvalue weighted by Crippen LogP contribution is -2.47. The summed E-state index contributed by atoms with van der Waals surface area (Å²) in [5, 5.41) is 33.4. The first-order valence-corrected chi connectivity index (χ1v) is 28.5. The van der Waals surface area contributed by atoms with Crippen molar-refractivity contribution >= 4 is 107 Å². The molecule has 5 N–H and O–H groups in total. The Kier molecular flexibility index (Phi) is 59.1. The van der Waals surface area contributed by atoms with E-state index in [1.54, 1.807) is 65.0 Å². The Balaban J connectivity index is -0.000000213. The van der Waals surface area contributed by atoms with Gasteiger partial charge in [-0.2, -0.15) is 24.4 Å². The molecule has 0 bridgehead atoms. The Morgan fingerprint density at radius 2 is 0.937 bits per heavy atom. The fourth-order valence-electron chi connectivity index (χ4n) is 7.41. The Morgan fingerprint density at radius 3 is 1.26 bits per heavy atom. The van der Waals surface area contributed by atoms with Crippen LogP contribution in [0, 0.1) is 29.1 Å². The van der Waals surface area contributed by atoms with E-state index in [4.69, 9.17) is 59.4 Å². The molecule has 3 rings (SSSR count). The van der Waals surface area contributed by atoms with Gasteiger partial charge < -0.3 is 59.3 Å². The SMILES string of the molecule is C.C.CC(=O)N(c1cc(OC=O)cc(C(=O)O)c1)C(C(=O)CCC(=O)O)C(C)C.CC(=O)O.CC(C)C=O.CCOC(=O)CC#N.CCOC(=O)c1cc(CC)cc(N(C(C)=O)C(C(=O)CCC(=O)OC)C(C)C)c1.CCOC(=O)c1cc(N)cc(CC)c1.O=C=O.O=C=O. The van der Waals surface area contributed by atoms with Gasteiger partial charge in [0, 0.05) is 62.7 Å². The van der Waals surface area contributed by atoms with Crippen LogP contribution < -0.4 is 20.3 Å². The molecule has 0 fully saturated rings. The highest BCUT2D eigenvalue weighted by atomic mass is 16.5. The van der Waals surface area contributed by atoms with Crippen molar-refractivity contribution in [3.8, 4) is 11.8 Å². The van der Waals surface area contributed by atoms with Gasteiger partial charge in [-0.3, -0.25) is 43.2 Å². The third kappa shape index (κ3) is 45.4. The van der Waals surface area contributed by atoms with Crippen molar-refractivity contribution in [3.05, 3.63) is 82.4 Å². The molecule has 2 atom stereocenters. The number of rotatable bonds is 26. The molecule has 3 aromatic rings. The molecule has 0 aliphatic rings. The molecule has 2 amide bonds. The van der Waals surface area contributed by atoms with Crippen LogP contribution in [0.2, 0.25) is 0 Å². The van der Waals surface area contributed by atoms with Gasteiger partial charge >= 0.3 is 48.1 Å². The zero-order chi connectivity index (χ0) is 73.1. The monoisotopic (exact) mass is 1340 g/mol. The first-order valence-electron chi connectivity index (χ1n) is 28.5. The molecule has 0 saturated carbocycles. The summed E-state index contributed by atoms with van der Waals surface area (Å²) in [5.41, 5.74) is 9.30. The quantitative estimate of drug-likeness (QED) is 0.0253. The third-order valence-corrected chi connectivity index (χ3v) is 11.1. The van der Waals surface area contributed by atoms with Gasteiger partial charge in [0.1, 0.15) is 18.5 Å². The highest BCUT2D eigenvalue weighted by Crippen LogP contribution is 2.30. The summed E-state index contributed by atoms with van der Waals surface area (Å²) in [6, 6.07) is 13.9. The maximum atomic E-state index is 12.9. The first-order chi connectivity index (χ1) is 43.5. The average Bonchev–Trinajstić information content (AvgIpc) is 0.819. The van der Waals surface area contributed by atoms with Crippen molar-refractivity contribution < 1.29 is 121 Å². The molecule has 3 aromatic carbocycles. The van der Waals surface area contributed by atoms with E-state index in [1.165, 1.54) is 38.0 Å². The molecule has 29 heteroatoms.